The highest BCUT2D eigenvalue weighted by Gasteiger charge is 2.15. The fraction of sp³-hybridized carbons (Fsp3) is 0.625. The van der Waals surface area contributed by atoms with Crippen molar-refractivity contribution in [3.63, 3.8) is 0 Å². The van der Waals surface area contributed by atoms with Gasteiger partial charge in [0.1, 0.15) is 0 Å². The topological polar surface area (TPSA) is 41.5 Å². The molecule has 0 spiro atoms. The largest absolute Gasteiger partial charge is 0.389 e. The second-order valence-electron chi connectivity index (χ2n) is 5.93. The Hall–Kier alpha value is -0.900. The van der Waals surface area contributed by atoms with Crippen molar-refractivity contribution >= 4 is 0 Å². The van der Waals surface area contributed by atoms with Crippen LogP contribution in [0.25, 0.3) is 0 Å². The minimum absolute atomic E-state index is 0.0184. The van der Waals surface area contributed by atoms with Crippen LogP contribution in [0, 0.1) is 0 Å². The second kappa shape index (κ2) is 7.63. The molecule has 0 amide bonds. The fourth-order valence-corrected chi connectivity index (χ4v) is 1.83. The van der Waals surface area contributed by atoms with E-state index in [-0.39, 0.29) is 11.6 Å². The predicted octanol–water partition coefficient (Wildman–Crippen LogP) is 2.90. The molecule has 3 nitrogen and oxygen atoms in total. The minimum atomic E-state index is -0.475. The molecule has 0 aliphatic carbocycles. The van der Waals surface area contributed by atoms with E-state index in [0.717, 1.165) is 6.42 Å². The van der Waals surface area contributed by atoms with Gasteiger partial charge in [-0.05, 0) is 32.8 Å². The molecular formula is C16H27NO2. The van der Waals surface area contributed by atoms with E-state index < -0.39 is 6.10 Å². The lowest BCUT2D eigenvalue weighted by Gasteiger charge is -2.24. The van der Waals surface area contributed by atoms with E-state index in [9.17, 15) is 5.11 Å². The molecule has 0 aliphatic rings. The van der Waals surface area contributed by atoms with E-state index in [4.69, 9.17) is 4.74 Å². The molecule has 19 heavy (non-hydrogen) atoms. The lowest BCUT2D eigenvalue weighted by molar-refractivity contribution is -0.0130. The molecule has 1 rings (SSSR count). The van der Waals surface area contributed by atoms with Crippen LogP contribution >= 0.6 is 0 Å². The van der Waals surface area contributed by atoms with E-state index in [1.54, 1.807) is 0 Å². The maximum Gasteiger partial charge on any atom is 0.0898 e. The zero-order valence-corrected chi connectivity index (χ0v) is 12.5. The van der Waals surface area contributed by atoms with E-state index >= 15 is 0 Å². The molecular weight excluding hydrogens is 238 g/mol. The molecule has 0 saturated heterocycles. The molecule has 2 unspecified atom stereocenters. The molecule has 0 heterocycles. The molecule has 0 saturated carbocycles. The van der Waals surface area contributed by atoms with Crippen molar-refractivity contribution in [2.24, 2.45) is 0 Å². The highest BCUT2D eigenvalue weighted by atomic mass is 16.5. The summed E-state index contributed by atoms with van der Waals surface area (Å²) in [6.45, 7) is 9.25. The van der Waals surface area contributed by atoms with Gasteiger partial charge in [0.15, 0.2) is 0 Å². The monoisotopic (exact) mass is 265 g/mol. The third-order valence-electron chi connectivity index (χ3n) is 2.90. The van der Waals surface area contributed by atoms with Gasteiger partial charge in [0.2, 0.25) is 0 Å². The van der Waals surface area contributed by atoms with Gasteiger partial charge in [-0.1, -0.05) is 37.3 Å². The number of rotatable bonds is 7. The summed E-state index contributed by atoms with van der Waals surface area (Å²) in [6, 6.07) is 10.2. The molecule has 2 N–H and O–H groups in total. The average Bonchev–Trinajstić information content (AvgIpc) is 2.37. The van der Waals surface area contributed by atoms with Crippen molar-refractivity contribution < 1.29 is 9.84 Å². The molecule has 0 aliphatic heterocycles. The van der Waals surface area contributed by atoms with Gasteiger partial charge < -0.3 is 15.2 Å². The first kappa shape index (κ1) is 16.2. The molecule has 2 atom stereocenters. The first-order chi connectivity index (χ1) is 8.92. The number of β-amino-alcohol motifs (C(OH)–C–C–N with tert-alkyl or cyclic N) is 1. The number of nitrogens with one attached hydrogen (secondary N) is 1. The number of aliphatic hydroxyl groups is 1. The smallest absolute Gasteiger partial charge is 0.0898 e. The molecule has 0 radical (unpaired) electrons. The van der Waals surface area contributed by atoms with Crippen LogP contribution in [0.1, 0.15) is 45.8 Å². The second-order valence-corrected chi connectivity index (χ2v) is 5.93. The van der Waals surface area contributed by atoms with E-state index in [1.165, 1.54) is 5.56 Å². The Labute approximate surface area is 117 Å². The molecule has 1 aromatic carbocycles. The normalized spacial score (nSPS) is 15.2. The van der Waals surface area contributed by atoms with E-state index in [0.29, 0.717) is 13.2 Å². The Morgan fingerprint density at radius 2 is 1.84 bits per heavy atom. The quantitative estimate of drug-likeness (QED) is 0.796. The summed E-state index contributed by atoms with van der Waals surface area (Å²) < 4.78 is 5.81. The maximum absolute atomic E-state index is 9.92. The summed E-state index contributed by atoms with van der Waals surface area (Å²) in [6.07, 6.45) is 0.492. The molecule has 0 fully saturated rings. The van der Waals surface area contributed by atoms with E-state index in [1.807, 2.05) is 18.2 Å². The van der Waals surface area contributed by atoms with Gasteiger partial charge in [-0.15, -0.1) is 0 Å². The van der Waals surface area contributed by atoms with Gasteiger partial charge in [-0.3, -0.25) is 0 Å². The van der Waals surface area contributed by atoms with Gasteiger partial charge in [-0.25, -0.2) is 0 Å². The molecule has 108 valence electrons. The molecule has 1 aromatic rings. The SMILES string of the molecule is CCC(OCC(O)CNC(C)(C)C)c1ccccc1. The molecule has 3 heteroatoms. The zero-order chi connectivity index (χ0) is 14.3. The van der Waals surface area contributed by atoms with Gasteiger partial charge in [-0.2, -0.15) is 0 Å². The minimum Gasteiger partial charge on any atom is -0.389 e. The Morgan fingerprint density at radius 1 is 1.21 bits per heavy atom. The summed E-state index contributed by atoms with van der Waals surface area (Å²) in [4.78, 5) is 0. The Bertz CT molecular complexity index is 346. The van der Waals surface area contributed by atoms with Crippen LogP contribution in [0.5, 0.6) is 0 Å². The lowest BCUT2D eigenvalue weighted by Crippen LogP contribution is -2.42. The van der Waals surface area contributed by atoms with Crippen LogP contribution < -0.4 is 5.32 Å². The number of aliphatic hydroxyl groups excluding tert-OH is 1. The summed E-state index contributed by atoms with van der Waals surface area (Å²) >= 11 is 0. The Morgan fingerprint density at radius 3 is 2.37 bits per heavy atom. The van der Waals surface area contributed by atoms with Crippen LogP contribution in [-0.2, 0) is 4.74 Å². The van der Waals surface area contributed by atoms with Crippen molar-refractivity contribution in [3.8, 4) is 0 Å². The average molecular weight is 265 g/mol. The van der Waals surface area contributed by atoms with Crippen LogP contribution in [0.15, 0.2) is 30.3 Å². The highest BCUT2D eigenvalue weighted by Crippen LogP contribution is 2.20. The van der Waals surface area contributed by atoms with Crippen LogP contribution in [0.4, 0.5) is 0 Å². The molecule has 0 aromatic heterocycles. The third kappa shape index (κ3) is 6.71. The van der Waals surface area contributed by atoms with Crippen LogP contribution in [0.3, 0.4) is 0 Å². The first-order valence-electron chi connectivity index (χ1n) is 7.02. The van der Waals surface area contributed by atoms with Gasteiger partial charge in [0.25, 0.3) is 0 Å². The number of hydrogen-bond donors (Lipinski definition) is 2. The number of hydrogen-bond acceptors (Lipinski definition) is 3. The van der Waals surface area contributed by atoms with Crippen molar-refractivity contribution in [3.05, 3.63) is 35.9 Å². The number of benzene rings is 1. The first-order valence-corrected chi connectivity index (χ1v) is 7.02. The van der Waals surface area contributed by atoms with Gasteiger partial charge in [0, 0.05) is 12.1 Å². The number of ether oxygens (including phenoxy) is 1. The van der Waals surface area contributed by atoms with Crippen molar-refractivity contribution in [2.75, 3.05) is 13.2 Å². The summed E-state index contributed by atoms with van der Waals surface area (Å²) in [7, 11) is 0. The summed E-state index contributed by atoms with van der Waals surface area (Å²) in [5, 5.41) is 13.2. The van der Waals surface area contributed by atoms with E-state index in [2.05, 4.69) is 45.1 Å². The summed E-state index contributed by atoms with van der Waals surface area (Å²) in [5.41, 5.74) is 1.19. The zero-order valence-electron chi connectivity index (χ0n) is 12.5. The third-order valence-corrected chi connectivity index (χ3v) is 2.90. The molecule has 0 bridgehead atoms. The summed E-state index contributed by atoms with van der Waals surface area (Å²) in [5.74, 6) is 0. The van der Waals surface area contributed by atoms with Crippen molar-refractivity contribution in [1.29, 1.82) is 0 Å². The highest BCUT2D eigenvalue weighted by molar-refractivity contribution is 5.17. The standard InChI is InChI=1S/C16H27NO2/c1-5-15(13-9-7-6-8-10-13)19-12-14(18)11-17-16(2,3)4/h6-10,14-15,17-18H,5,11-12H2,1-4H3. The Balaban J connectivity index is 2.37. The van der Waals surface area contributed by atoms with Crippen molar-refractivity contribution in [2.45, 2.75) is 51.9 Å². The van der Waals surface area contributed by atoms with Crippen LogP contribution in [0.2, 0.25) is 0 Å². The van der Waals surface area contributed by atoms with Crippen LogP contribution in [-0.4, -0.2) is 29.9 Å². The van der Waals surface area contributed by atoms with Crippen molar-refractivity contribution in [1.82, 2.24) is 5.32 Å². The lowest BCUT2D eigenvalue weighted by atomic mass is 10.1. The van der Waals surface area contributed by atoms with Gasteiger partial charge in [0.05, 0.1) is 18.8 Å². The van der Waals surface area contributed by atoms with Gasteiger partial charge >= 0.3 is 0 Å². The Kier molecular flexibility index (Phi) is 6.49. The maximum atomic E-state index is 9.92. The fourth-order valence-electron chi connectivity index (χ4n) is 1.83. The predicted molar refractivity (Wildman–Crippen MR) is 79.2 cm³/mol.